The van der Waals surface area contributed by atoms with Crippen molar-refractivity contribution in [3.8, 4) is 0 Å². The van der Waals surface area contributed by atoms with E-state index in [1.807, 2.05) is 17.5 Å². The van der Waals surface area contributed by atoms with E-state index >= 15 is 0 Å². The molecule has 1 saturated heterocycles. The fraction of sp³-hybridized carbons (Fsp3) is 0.476. The van der Waals surface area contributed by atoms with Crippen molar-refractivity contribution in [2.24, 2.45) is 5.92 Å². The van der Waals surface area contributed by atoms with Gasteiger partial charge >= 0.3 is 0 Å². The number of benzene rings is 1. The van der Waals surface area contributed by atoms with E-state index in [1.165, 1.54) is 16.9 Å². The van der Waals surface area contributed by atoms with Gasteiger partial charge in [0.15, 0.2) is 0 Å². The molecule has 4 heteroatoms. The Morgan fingerprint density at radius 3 is 2.76 bits per heavy atom. The molecule has 3 rings (SSSR count). The third-order valence-electron chi connectivity index (χ3n) is 5.02. The molecule has 1 N–H and O–H groups in total. The first-order chi connectivity index (χ1) is 12.1. The molecule has 2 atom stereocenters. The van der Waals surface area contributed by atoms with E-state index < -0.39 is 0 Å². The molecule has 0 radical (unpaired) electrons. The molecule has 3 nitrogen and oxygen atoms in total. The van der Waals surface area contributed by atoms with Gasteiger partial charge in [0, 0.05) is 13.2 Å². The van der Waals surface area contributed by atoms with Gasteiger partial charge in [-0.05, 0) is 62.0 Å². The number of carbonyl (C=O) groups excluding carboxylic acids is 1. The molecule has 1 aromatic heterocycles. The van der Waals surface area contributed by atoms with Crippen molar-refractivity contribution in [1.29, 1.82) is 0 Å². The lowest BCUT2D eigenvalue weighted by Gasteiger charge is -2.39. The average molecular weight is 358 g/mol. The second-order valence-electron chi connectivity index (χ2n) is 7.40. The topological polar surface area (TPSA) is 38.3 Å². The largest absolute Gasteiger partial charge is 0.376 e. The van der Waals surface area contributed by atoms with Crippen LogP contribution in [0.1, 0.15) is 54.3 Å². The Bertz CT molecular complexity index is 666. The number of ether oxygens (including phenoxy) is 1. The van der Waals surface area contributed by atoms with Crippen LogP contribution in [0.3, 0.4) is 0 Å². The van der Waals surface area contributed by atoms with Crippen LogP contribution < -0.4 is 5.32 Å². The number of carbonyl (C=O) groups is 1. The summed E-state index contributed by atoms with van der Waals surface area (Å²) in [7, 11) is 0. The first-order valence-corrected chi connectivity index (χ1v) is 9.94. The van der Waals surface area contributed by atoms with Crippen LogP contribution >= 0.6 is 11.3 Å². The molecule has 0 spiro atoms. The zero-order chi connectivity index (χ0) is 17.7. The molecule has 0 bridgehead atoms. The van der Waals surface area contributed by atoms with Gasteiger partial charge in [0.2, 0.25) is 0 Å². The van der Waals surface area contributed by atoms with Crippen LogP contribution in [0.5, 0.6) is 0 Å². The van der Waals surface area contributed by atoms with E-state index in [4.69, 9.17) is 4.74 Å². The highest BCUT2D eigenvalue weighted by Gasteiger charge is 2.33. The van der Waals surface area contributed by atoms with E-state index in [0.717, 1.165) is 30.7 Å². The molecular formula is C21H27NO2S. The smallest absolute Gasteiger partial charge is 0.261 e. The Labute approximate surface area is 154 Å². The van der Waals surface area contributed by atoms with Gasteiger partial charge in [0.05, 0.1) is 10.5 Å². The van der Waals surface area contributed by atoms with Gasteiger partial charge in [0.25, 0.3) is 5.91 Å². The summed E-state index contributed by atoms with van der Waals surface area (Å²) in [5.74, 6) is 1.08. The van der Waals surface area contributed by atoms with Crippen LogP contribution in [0.4, 0.5) is 0 Å². The lowest BCUT2D eigenvalue weighted by molar-refractivity contribution is -0.0771. The normalized spacial score (nSPS) is 20.8. The summed E-state index contributed by atoms with van der Waals surface area (Å²) in [6.45, 7) is 5.89. The zero-order valence-corrected chi connectivity index (χ0v) is 15.9. The molecule has 1 fully saturated rings. The standard InChI is InChI=1S/C21H27NO2S/c1-21(2)15-17(11-13-24-21)18(16-7-4-3-5-8-16)10-12-22-20(23)19-9-6-14-25-19/h3-9,14,17-18H,10-13,15H2,1-2H3,(H,22,23). The van der Waals surface area contributed by atoms with Gasteiger partial charge in [-0.25, -0.2) is 0 Å². The second kappa shape index (κ2) is 8.15. The molecule has 1 amide bonds. The fourth-order valence-electron chi connectivity index (χ4n) is 3.83. The Balaban J connectivity index is 1.66. The summed E-state index contributed by atoms with van der Waals surface area (Å²) in [5, 5.41) is 5.02. The Hall–Kier alpha value is -1.65. The predicted molar refractivity (Wildman–Crippen MR) is 103 cm³/mol. The van der Waals surface area contributed by atoms with Gasteiger partial charge in [0.1, 0.15) is 0 Å². The van der Waals surface area contributed by atoms with Crippen LogP contribution in [0.25, 0.3) is 0 Å². The number of nitrogens with one attached hydrogen (secondary N) is 1. The van der Waals surface area contributed by atoms with E-state index in [-0.39, 0.29) is 11.5 Å². The maximum absolute atomic E-state index is 12.2. The van der Waals surface area contributed by atoms with E-state index in [1.54, 1.807) is 0 Å². The number of hydrogen-bond acceptors (Lipinski definition) is 3. The Kier molecular flexibility index (Phi) is 5.92. The quantitative estimate of drug-likeness (QED) is 0.802. The second-order valence-corrected chi connectivity index (χ2v) is 8.35. The van der Waals surface area contributed by atoms with Gasteiger partial charge in [-0.15, -0.1) is 11.3 Å². The summed E-state index contributed by atoms with van der Waals surface area (Å²) >= 11 is 1.49. The highest BCUT2D eigenvalue weighted by molar-refractivity contribution is 7.12. The molecule has 0 saturated carbocycles. The van der Waals surface area contributed by atoms with Gasteiger partial charge < -0.3 is 10.1 Å². The van der Waals surface area contributed by atoms with Gasteiger partial charge in [-0.1, -0.05) is 36.4 Å². The van der Waals surface area contributed by atoms with Gasteiger partial charge in [-0.3, -0.25) is 4.79 Å². The zero-order valence-electron chi connectivity index (χ0n) is 15.0. The van der Waals surface area contributed by atoms with Crippen molar-refractivity contribution >= 4 is 17.2 Å². The molecule has 1 aliphatic rings. The average Bonchev–Trinajstić information content (AvgIpc) is 3.13. The molecule has 2 unspecified atom stereocenters. The van der Waals surface area contributed by atoms with E-state index in [2.05, 4.69) is 49.5 Å². The minimum absolute atomic E-state index is 0.0362. The van der Waals surface area contributed by atoms with Crippen molar-refractivity contribution in [2.75, 3.05) is 13.2 Å². The molecule has 1 aliphatic heterocycles. The first-order valence-electron chi connectivity index (χ1n) is 9.06. The summed E-state index contributed by atoms with van der Waals surface area (Å²) in [6.07, 6.45) is 3.11. The maximum Gasteiger partial charge on any atom is 0.261 e. The summed E-state index contributed by atoms with van der Waals surface area (Å²) in [4.78, 5) is 13.0. The summed E-state index contributed by atoms with van der Waals surface area (Å²) in [5.41, 5.74) is 1.31. The molecule has 25 heavy (non-hydrogen) atoms. The number of thiophene rings is 1. The summed E-state index contributed by atoms with van der Waals surface area (Å²) < 4.78 is 5.90. The molecule has 0 aliphatic carbocycles. The molecule has 2 aromatic rings. The lowest BCUT2D eigenvalue weighted by Crippen LogP contribution is -2.37. The van der Waals surface area contributed by atoms with Crippen LogP contribution in [-0.4, -0.2) is 24.7 Å². The van der Waals surface area contributed by atoms with E-state index in [0.29, 0.717) is 18.4 Å². The number of hydrogen-bond donors (Lipinski definition) is 1. The van der Waals surface area contributed by atoms with Crippen molar-refractivity contribution in [3.63, 3.8) is 0 Å². The lowest BCUT2D eigenvalue weighted by atomic mass is 9.75. The predicted octanol–water partition coefficient (Wildman–Crippen LogP) is 4.86. The minimum Gasteiger partial charge on any atom is -0.376 e. The van der Waals surface area contributed by atoms with Gasteiger partial charge in [-0.2, -0.15) is 0 Å². The van der Waals surface area contributed by atoms with Crippen LogP contribution in [0.15, 0.2) is 47.8 Å². The molecular weight excluding hydrogens is 330 g/mol. The molecule has 2 heterocycles. The van der Waals surface area contributed by atoms with Crippen LogP contribution in [-0.2, 0) is 4.74 Å². The third-order valence-corrected chi connectivity index (χ3v) is 5.89. The van der Waals surface area contributed by atoms with Crippen LogP contribution in [0, 0.1) is 5.92 Å². The highest BCUT2D eigenvalue weighted by Crippen LogP contribution is 2.39. The van der Waals surface area contributed by atoms with Crippen molar-refractivity contribution in [3.05, 3.63) is 58.3 Å². The van der Waals surface area contributed by atoms with E-state index in [9.17, 15) is 4.79 Å². The summed E-state index contributed by atoms with van der Waals surface area (Å²) in [6, 6.07) is 14.5. The SMILES string of the molecule is CC1(C)CC(C(CCNC(=O)c2cccs2)c2ccccc2)CCO1. The Morgan fingerprint density at radius 1 is 1.28 bits per heavy atom. The highest BCUT2D eigenvalue weighted by atomic mass is 32.1. The first kappa shape index (κ1) is 18.2. The fourth-order valence-corrected chi connectivity index (χ4v) is 4.47. The Morgan fingerprint density at radius 2 is 2.08 bits per heavy atom. The van der Waals surface area contributed by atoms with Crippen LogP contribution in [0.2, 0.25) is 0 Å². The third kappa shape index (κ3) is 4.93. The minimum atomic E-state index is -0.0594. The number of rotatable bonds is 6. The van der Waals surface area contributed by atoms with Crippen molar-refractivity contribution in [1.82, 2.24) is 5.32 Å². The van der Waals surface area contributed by atoms with Crippen molar-refractivity contribution in [2.45, 2.75) is 44.6 Å². The number of amides is 1. The monoisotopic (exact) mass is 357 g/mol. The molecule has 1 aromatic carbocycles. The molecule has 134 valence electrons. The van der Waals surface area contributed by atoms with Crippen molar-refractivity contribution < 1.29 is 9.53 Å². The maximum atomic E-state index is 12.2.